The molecule has 0 radical (unpaired) electrons. The molecule has 2 unspecified atom stereocenters. The van der Waals surface area contributed by atoms with E-state index < -0.39 is 87.3 Å². The van der Waals surface area contributed by atoms with Gasteiger partial charge < -0.3 is 38.6 Å². The molecular weight excluding hydrogens is 1490 g/mol. The second-order valence-corrected chi connectivity index (χ2v) is 32.0. The molecule has 8 bridgehead atoms. The van der Waals surface area contributed by atoms with Crippen LogP contribution in [0.1, 0.15) is 353 Å². The molecule has 0 saturated heterocycles. The van der Waals surface area contributed by atoms with Crippen molar-refractivity contribution in [2.75, 3.05) is 0 Å². The van der Waals surface area contributed by atoms with Gasteiger partial charge in [-0.1, -0.05) is 259 Å². The van der Waals surface area contributed by atoms with Crippen LogP contribution >= 0.6 is 0 Å². The highest BCUT2D eigenvalue weighted by Gasteiger charge is 2.41. The summed E-state index contributed by atoms with van der Waals surface area (Å²) >= 11 is 0. The van der Waals surface area contributed by atoms with E-state index in [4.69, 9.17) is 28.4 Å². The molecule has 4 aliphatic rings. The van der Waals surface area contributed by atoms with Crippen molar-refractivity contribution < 1.29 is 68.2 Å². The minimum atomic E-state index is -0.963. The summed E-state index contributed by atoms with van der Waals surface area (Å²) in [5, 5.41) is 105. The third-order valence-corrected chi connectivity index (χ3v) is 23.6. The molecule has 3 heterocycles. The lowest BCUT2D eigenvalue weighted by Crippen LogP contribution is -2.13. The minimum Gasteiger partial charge on any atom is -0.508 e. The van der Waals surface area contributed by atoms with Gasteiger partial charge >= 0.3 is 34.1 Å². The second kappa shape index (κ2) is 41.8. The topological polar surface area (TPSA) is 355 Å². The zero-order valence-electron chi connectivity index (χ0n) is 67.6. The minimum absolute atomic E-state index is 0.00645. The third-order valence-electron chi connectivity index (χ3n) is 23.6. The van der Waals surface area contributed by atoms with E-state index in [1.165, 1.54) is 12.1 Å². The lowest BCUT2D eigenvalue weighted by atomic mass is 9.76. The summed E-state index contributed by atoms with van der Waals surface area (Å²) in [5.74, 6) is -5.86. The van der Waals surface area contributed by atoms with Crippen molar-refractivity contribution in [1.29, 1.82) is 0 Å². The van der Waals surface area contributed by atoms with E-state index in [1.807, 2.05) is 24.3 Å². The van der Waals surface area contributed by atoms with Gasteiger partial charge in [-0.05, 0) is 49.9 Å². The molecular formula is C90H112N6O20. The second-order valence-electron chi connectivity index (χ2n) is 32.0. The number of aromatic hydroxyl groups is 2. The van der Waals surface area contributed by atoms with E-state index in [2.05, 4.69) is 27.7 Å². The fraction of sp³-hybridized carbons (Fsp3) is 0.533. The average molecular weight is 1600 g/mol. The predicted molar refractivity (Wildman–Crippen MR) is 444 cm³/mol. The van der Waals surface area contributed by atoms with Gasteiger partial charge in [0.15, 0.2) is 34.5 Å². The van der Waals surface area contributed by atoms with Crippen LogP contribution in [0.3, 0.4) is 0 Å². The molecule has 26 heteroatoms. The van der Waals surface area contributed by atoms with Gasteiger partial charge in [-0.2, -0.15) is 0 Å². The molecule has 26 nitrogen and oxygen atoms in total. The number of nitro benzene ring substituents is 6. The first-order chi connectivity index (χ1) is 56.2. The number of benzene rings is 7. The van der Waals surface area contributed by atoms with Crippen LogP contribution in [-0.4, -0.2) is 39.8 Å². The number of phenolic OH excluding ortho intramolecular Hbond substituents is 2. The molecule has 1 aliphatic carbocycles. The van der Waals surface area contributed by atoms with Crippen LogP contribution in [0, 0.1) is 60.7 Å². The van der Waals surface area contributed by atoms with Crippen LogP contribution < -0.4 is 28.4 Å². The monoisotopic (exact) mass is 1600 g/mol. The quantitative estimate of drug-likeness (QED) is 0.0203. The van der Waals surface area contributed by atoms with Gasteiger partial charge in [-0.25, -0.2) is 0 Å². The molecule has 622 valence electrons. The van der Waals surface area contributed by atoms with Crippen molar-refractivity contribution >= 4 is 34.1 Å². The van der Waals surface area contributed by atoms with E-state index >= 15 is 0 Å². The lowest BCUT2D eigenvalue weighted by Gasteiger charge is -2.30. The molecule has 0 saturated carbocycles. The van der Waals surface area contributed by atoms with E-state index in [1.54, 1.807) is 12.1 Å². The Morgan fingerprint density at radius 3 is 0.552 bits per heavy atom. The summed E-state index contributed by atoms with van der Waals surface area (Å²) in [6.45, 7) is 8.72. The number of hydrogen-bond acceptors (Lipinski definition) is 20. The summed E-state index contributed by atoms with van der Waals surface area (Å²) in [6.07, 6.45) is 36.4. The maximum atomic E-state index is 13.3. The SMILES string of the molecule is CCCCCCCCCCCC1c2cc3c(cc2O)Oc2cc([N+](=O)[O-])c([N+](=O)[O-])cc2Oc2cc4c(cc2C3CCCCCCCCCCC)C(CCCCCCCCCCC)c2cc3c(cc2Oc2cc([N+](=O)[O-])c([N+](=O)[O-])cc2O4)Oc2cc([N+](=O)[O-])c([N+](=O)[O-])cc2Oc2cc(O)c1cc2C3CCCCCCCCCCC. The number of unbranched alkanes of at least 4 members (excludes halogenated alkanes) is 32. The molecule has 7 aromatic carbocycles. The Kier molecular flexibility index (Phi) is 31.0. The summed E-state index contributed by atoms with van der Waals surface area (Å²) < 4.78 is 42.3. The van der Waals surface area contributed by atoms with Gasteiger partial charge in [0, 0.05) is 92.4 Å². The zero-order chi connectivity index (χ0) is 82.4. The molecule has 0 aromatic heterocycles. The summed E-state index contributed by atoms with van der Waals surface area (Å²) in [7, 11) is 0. The van der Waals surface area contributed by atoms with Crippen molar-refractivity contribution in [1.82, 2.24) is 0 Å². The highest BCUT2D eigenvalue weighted by atomic mass is 16.7. The maximum absolute atomic E-state index is 13.3. The molecule has 116 heavy (non-hydrogen) atoms. The Hall–Kier alpha value is -10.7. The standard InChI is InChI=1S/C90H112N6O20/c1-5-9-13-17-21-25-29-33-37-41-59-63-45-65-60(42-38-34-30-26-22-18-14-10-6-2)67-47-69-62(44-40-36-32-28-24-20-16-12-8-4)70-48-68-61(43-39-35-31-27-23-19-15-11-7-3)66-46-64(59)78(98)56-80(66)112-86-50-72(92(101)102)74(94(105)106)52-88(86)114-82(68)58-84(70)116-90-54-76(96(109)110)75(95(107)108)53-89(90)115-83(69)57-81(67)113-87-51-73(93(103)104)71(91(99)100)49-85(87)111-79(65)55-77(63)97/h45-62,97-98H,5-44H2,1-4H3. The number of nitrogens with zero attached hydrogens (tertiary/aromatic N) is 6. The Bertz CT molecular complexity index is 4390. The molecule has 3 aliphatic heterocycles. The van der Waals surface area contributed by atoms with E-state index in [0.29, 0.717) is 95.9 Å². The van der Waals surface area contributed by atoms with Gasteiger partial charge in [-0.3, -0.25) is 60.7 Å². The number of hydrogen-bond donors (Lipinski definition) is 2. The molecule has 7 aromatic rings. The summed E-state index contributed by atoms with van der Waals surface area (Å²) in [5.41, 5.74) is -2.07. The Labute approximate surface area is 677 Å². The smallest absolute Gasteiger partial charge is 0.350 e. The number of rotatable bonds is 46. The molecule has 0 spiro atoms. The molecule has 2 N–H and O–H groups in total. The largest absolute Gasteiger partial charge is 0.508 e. The highest BCUT2D eigenvalue weighted by molar-refractivity contribution is 5.72. The Balaban J connectivity index is 1.27. The van der Waals surface area contributed by atoms with Crippen LogP contribution in [0.5, 0.6) is 80.5 Å². The highest BCUT2D eigenvalue weighted by Crippen LogP contribution is 2.60. The normalized spacial score (nSPS) is 15.3. The maximum Gasteiger partial charge on any atom is 0.350 e. The number of phenols is 2. The molecule has 11 rings (SSSR count). The van der Waals surface area contributed by atoms with Crippen LogP contribution in [0.4, 0.5) is 34.1 Å². The molecule has 2 atom stereocenters. The Morgan fingerprint density at radius 2 is 0.371 bits per heavy atom. The van der Waals surface area contributed by atoms with Gasteiger partial charge in [-0.15, -0.1) is 0 Å². The number of ether oxygens (including phenoxy) is 6. The van der Waals surface area contributed by atoms with Crippen molar-refractivity contribution in [3.05, 3.63) is 190 Å². The van der Waals surface area contributed by atoms with Gasteiger partial charge in [0.05, 0.1) is 65.9 Å². The molecule has 0 amide bonds. The van der Waals surface area contributed by atoms with E-state index in [9.17, 15) is 70.9 Å². The lowest BCUT2D eigenvalue weighted by molar-refractivity contribution is -0.422. The first kappa shape index (κ1) is 86.2. The van der Waals surface area contributed by atoms with Crippen LogP contribution in [0.2, 0.25) is 0 Å². The Morgan fingerprint density at radius 1 is 0.216 bits per heavy atom. The first-order valence-electron chi connectivity index (χ1n) is 42.8. The fourth-order valence-electron chi connectivity index (χ4n) is 17.4. The van der Waals surface area contributed by atoms with Crippen molar-refractivity contribution in [3.8, 4) is 80.5 Å². The summed E-state index contributed by atoms with van der Waals surface area (Å²) in [4.78, 5) is 73.3. The summed E-state index contributed by atoms with van der Waals surface area (Å²) in [6, 6.07) is 19.1. The predicted octanol–water partition coefficient (Wildman–Crippen LogP) is 28.8. The number of fused-ring (bicyclic) bond motifs is 5. The third kappa shape index (κ3) is 21.3. The van der Waals surface area contributed by atoms with E-state index in [-0.39, 0.29) is 80.5 Å². The average Bonchev–Trinajstić information content (AvgIpc) is 1.53. The van der Waals surface area contributed by atoms with Crippen LogP contribution in [0.25, 0.3) is 0 Å². The van der Waals surface area contributed by atoms with Crippen LogP contribution in [0.15, 0.2) is 84.9 Å². The van der Waals surface area contributed by atoms with Crippen molar-refractivity contribution in [3.63, 3.8) is 0 Å². The van der Waals surface area contributed by atoms with Gasteiger partial charge in [0.1, 0.15) is 46.0 Å². The van der Waals surface area contributed by atoms with Gasteiger partial charge in [0.25, 0.3) is 0 Å². The fourth-order valence-corrected chi connectivity index (χ4v) is 17.4. The van der Waals surface area contributed by atoms with E-state index in [0.717, 1.165) is 242 Å². The zero-order valence-corrected chi connectivity index (χ0v) is 67.6. The number of nitro groups is 6. The first-order valence-corrected chi connectivity index (χ1v) is 42.8. The van der Waals surface area contributed by atoms with Crippen LogP contribution in [-0.2, 0) is 0 Å². The molecule has 0 fully saturated rings. The van der Waals surface area contributed by atoms with Gasteiger partial charge in [0.2, 0.25) is 0 Å². The van der Waals surface area contributed by atoms with Crippen molar-refractivity contribution in [2.45, 2.75) is 308 Å². The van der Waals surface area contributed by atoms with Crippen molar-refractivity contribution in [2.24, 2.45) is 0 Å².